The molecule has 1 atom stereocenters. The predicted octanol–water partition coefficient (Wildman–Crippen LogP) is 2.83. The van der Waals surface area contributed by atoms with Crippen LogP contribution in [0.2, 0.25) is 0 Å². The summed E-state index contributed by atoms with van der Waals surface area (Å²) < 4.78 is 1.89. The van der Waals surface area contributed by atoms with Crippen LogP contribution in [0.1, 0.15) is 65.9 Å². The molecule has 0 aliphatic carbocycles. The Morgan fingerprint density at radius 3 is 2.45 bits per heavy atom. The van der Waals surface area contributed by atoms with Crippen molar-refractivity contribution in [3.8, 4) is 11.4 Å². The average molecular weight is 394 g/mol. The van der Waals surface area contributed by atoms with Gasteiger partial charge in [0.05, 0.1) is 12.2 Å². The minimum absolute atomic E-state index is 0.00185. The van der Waals surface area contributed by atoms with Crippen molar-refractivity contribution in [1.82, 2.24) is 19.8 Å². The molecule has 1 fully saturated rings. The fourth-order valence-corrected chi connectivity index (χ4v) is 4.17. The van der Waals surface area contributed by atoms with Crippen LogP contribution in [0.25, 0.3) is 11.4 Å². The lowest BCUT2D eigenvalue weighted by atomic mass is 10.1. The molecule has 3 heterocycles. The zero-order valence-electron chi connectivity index (χ0n) is 16.7. The van der Waals surface area contributed by atoms with Gasteiger partial charge in [0.15, 0.2) is 5.78 Å². The third kappa shape index (κ3) is 3.95. The number of nitrogens with zero attached hydrogens (tertiary/aromatic N) is 3. The van der Waals surface area contributed by atoms with Gasteiger partial charge in [-0.15, -0.1) is 0 Å². The van der Waals surface area contributed by atoms with Crippen LogP contribution in [0.5, 0.6) is 0 Å². The Hall–Kier alpha value is -2.96. The van der Waals surface area contributed by atoms with Gasteiger partial charge in [0.2, 0.25) is 5.91 Å². The lowest BCUT2D eigenvalue weighted by molar-refractivity contribution is -0.132. The standard InChI is InChI=1S/C22H26N4O3/c1-15(27)16-6-8-17(9-7-16)21-23-14-19-22(29)24-13-18(26(19)21)12-20(28)25-10-4-2-3-5-11-25/h6-9,14,18H,2-5,10-13H2,1H3,(H,24,29). The van der Waals surface area contributed by atoms with Crippen LogP contribution in [0.4, 0.5) is 0 Å². The number of ketones is 1. The molecular formula is C22H26N4O3. The third-order valence-corrected chi connectivity index (χ3v) is 5.81. The van der Waals surface area contributed by atoms with Gasteiger partial charge in [-0.1, -0.05) is 37.1 Å². The van der Waals surface area contributed by atoms with Crippen molar-refractivity contribution in [1.29, 1.82) is 0 Å². The molecule has 29 heavy (non-hydrogen) atoms. The van der Waals surface area contributed by atoms with Gasteiger partial charge >= 0.3 is 0 Å². The molecule has 2 aliphatic rings. The minimum atomic E-state index is -0.178. The first kappa shape index (κ1) is 19.4. The number of hydrogen-bond donors (Lipinski definition) is 1. The second-order valence-electron chi connectivity index (χ2n) is 7.83. The summed E-state index contributed by atoms with van der Waals surface area (Å²) in [7, 11) is 0. The summed E-state index contributed by atoms with van der Waals surface area (Å²) in [6.45, 7) is 3.56. The average Bonchev–Trinajstić information content (AvgIpc) is 2.99. The van der Waals surface area contributed by atoms with Crippen molar-refractivity contribution >= 4 is 17.6 Å². The molecule has 4 rings (SSSR count). The fourth-order valence-electron chi connectivity index (χ4n) is 4.17. The molecule has 7 heteroatoms. The first-order chi connectivity index (χ1) is 14.0. The quantitative estimate of drug-likeness (QED) is 0.808. The molecule has 0 saturated carbocycles. The number of carbonyl (C=O) groups excluding carboxylic acids is 3. The van der Waals surface area contributed by atoms with Crippen LogP contribution in [-0.2, 0) is 4.79 Å². The van der Waals surface area contributed by atoms with Crippen LogP contribution >= 0.6 is 0 Å². The minimum Gasteiger partial charge on any atom is -0.349 e. The van der Waals surface area contributed by atoms with Crippen LogP contribution < -0.4 is 5.32 Å². The van der Waals surface area contributed by atoms with Crippen molar-refractivity contribution in [2.45, 2.75) is 45.1 Å². The predicted molar refractivity (Wildman–Crippen MR) is 109 cm³/mol. The highest BCUT2D eigenvalue weighted by atomic mass is 16.2. The largest absolute Gasteiger partial charge is 0.349 e. The van der Waals surface area contributed by atoms with E-state index in [9.17, 15) is 14.4 Å². The monoisotopic (exact) mass is 394 g/mol. The number of rotatable bonds is 4. The molecule has 1 N–H and O–H groups in total. The molecular weight excluding hydrogens is 368 g/mol. The van der Waals surface area contributed by atoms with Gasteiger partial charge in [-0.3, -0.25) is 14.4 Å². The van der Waals surface area contributed by atoms with Crippen LogP contribution in [0, 0.1) is 0 Å². The van der Waals surface area contributed by atoms with Gasteiger partial charge in [0, 0.05) is 37.2 Å². The highest BCUT2D eigenvalue weighted by Gasteiger charge is 2.31. The van der Waals surface area contributed by atoms with E-state index in [-0.39, 0.29) is 23.6 Å². The number of Topliss-reactive ketones (excluding diaryl/α,β-unsaturated/α-hetero) is 1. The van der Waals surface area contributed by atoms with Crippen molar-refractivity contribution in [3.05, 3.63) is 41.7 Å². The number of fused-ring (bicyclic) bond motifs is 1. The Balaban J connectivity index is 1.62. The highest BCUT2D eigenvalue weighted by Crippen LogP contribution is 2.29. The number of likely N-dealkylation sites (tertiary alicyclic amines) is 1. The van der Waals surface area contributed by atoms with Crippen molar-refractivity contribution in [2.75, 3.05) is 19.6 Å². The number of hydrogen-bond acceptors (Lipinski definition) is 4. The molecule has 1 saturated heterocycles. The van der Waals surface area contributed by atoms with E-state index in [2.05, 4.69) is 10.3 Å². The zero-order chi connectivity index (χ0) is 20.4. The number of imidazole rings is 1. The second kappa shape index (κ2) is 8.19. The number of nitrogens with one attached hydrogen (secondary N) is 1. The Labute approximate surface area is 170 Å². The van der Waals surface area contributed by atoms with Gasteiger partial charge in [0.25, 0.3) is 5.91 Å². The molecule has 1 aromatic carbocycles. The first-order valence-corrected chi connectivity index (χ1v) is 10.3. The summed E-state index contributed by atoms with van der Waals surface area (Å²) in [4.78, 5) is 43.3. The van der Waals surface area contributed by atoms with Gasteiger partial charge in [0.1, 0.15) is 11.5 Å². The fraction of sp³-hybridized carbons (Fsp3) is 0.455. The van der Waals surface area contributed by atoms with Crippen molar-refractivity contribution in [3.63, 3.8) is 0 Å². The van der Waals surface area contributed by atoms with E-state index < -0.39 is 0 Å². The van der Waals surface area contributed by atoms with E-state index in [1.54, 1.807) is 18.3 Å². The maximum atomic E-state index is 12.9. The maximum Gasteiger partial charge on any atom is 0.269 e. The van der Waals surface area contributed by atoms with E-state index in [0.717, 1.165) is 31.5 Å². The second-order valence-corrected chi connectivity index (χ2v) is 7.83. The summed E-state index contributed by atoms with van der Waals surface area (Å²) in [6, 6.07) is 7.03. The number of amides is 2. The van der Waals surface area contributed by atoms with Gasteiger partial charge in [-0.05, 0) is 19.8 Å². The van der Waals surface area contributed by atoms with Crippen molar-refractivity contribution < 1.29 is 14.4 Å². The van der Waals surface area contributed by atoms with E-state index in [4.69, 9.17) is 0 Å². The summed E-state index contributed by atoms with van der Waals surface area (Å²) in [5.41, 5.74) is 1.92. The normalized spacial score (nSPS) is 19.3. The maximum absolute atomic E-state index is 12.9. The Kier molecular flexibility index (Phi) is 5.47. The molecule has 0 spiro atoms. The molecule has 1 unspecified atom stereocenters. The van der Waals surface area contributed by atoms with Crippen LogP contribution in [0.15, 0.2) is 30.5 Å². The molecule has 1 aromatic heterocycles. The summed E-state index contributed by atoms with van der Waals surface area (Å²) in [5.74, 6) is 0.605. The molecule has 2 aliphatic heterocycles. The van der Waals surface area contributed by atoms with Gasteiger partial charge in [-0.25, -0.2) is 4.98 Å². The molecule has 0 radical (unpaired) electrons. The van der Waals surface area contributed by atoms with E-state index in [1.807, 2.05) is 21.6 Å². The van der Waals surface area contributed by atoms with Crippen LogP contribution in [-0.4, -0.2) is 51.7 Å². The van der Waals surface area contributed by atoms with Gasteiger partial charge in [-0.2, -0.15) is 0 Å². The lowest BCUT2D eigenvalue weighted by Crippen LogP contribution is -2.42. The first-order valence-electron chi connectivity index (χ1n) is 10.3. The summed E-state index contributed by atoms with van der Waals surface area (Å²) in [6.07, 6.45) is 6.35. The topological polar surface area (TPSA) is 84.3 Å². The Morgan fingerprint density at radius 2 is 1.79 bits per heavy atom. The number of aromatic nitrogens is 2. The molecule has 2 aromatic rings. The zero-order valence-corrected chi connectivity index (χ0v) is 16.7. The van der Waals surface area contributed by atoms with Crippen LogP contribution in [0.3, 0.4) is 0 Å². The van der Waals surface area contributed by atoms with Crippen molar-refractivity contribution in [2.24, 2.45) is 0 Å². The molecule has 7 nitrogen and oxygen atoms in total. The number of benzene rings is 1. The Morgan fingerprint density at radius 1 is 1.10 bits per heavy atom. The lowest BCUT2D eigenvalue weighted by Gasteiger charge is -2.29. The molecule has 0 bridgehead atoms. The van der Waals surface area contributed by atoms with E-state index in [1.165, 1.54) is 19.8 Å². The Bertz CT molecular complexity index is 924. The molecule has 152 valence electrons. The smallest absolute Gasteiger partial charge is 0.269 e. The third-order valence-electron chi connectivity index (χ3n) is 5.81. The summed E-state index contributed by atoms with van der Waals surface area (Å²) >= 11 is 0. The highest BCUT2D eigenvalue weighted by molar-refractivity contribution is 5.95. The molecule has 2 amide bonds. The summed E-state index contributed by atoms with van der Waals surface area (Å²) in [5, 5.41) is 2.88. The van der Waals surface area contributed by atoms with E-state index >= 15 is 0 Å². The van der Waals surface area contributed by atoms with Gasteiger partial charge < -0.3 is 14.8 Å². The van der Waals surface area contributed by atoms with E-state index in [0.29, 0.717) is 30.0 Å². The number of carbonyl (C=O) groups is 3. The SMILES string of the molecule is CC(=O)c1ccc(-c2ncc3n2C(CC(=O)N2CCCCCC2)CNC3=O)cc1.